The van der Waals surface area contributed by atoms with Gasteiger partial charge in [-0.25, -0.2) is 9.69 Å². The van der Waals surface area contributed by atoms with Gasteiger partial charge in [0.1, 0.15) is 0 Å². The number of hydrogen-bond donors (Lipinski definition) is 0. The number of hydrogen-bond acceptors (Lipinski definition) is 7. The molecule has 0 aliphatic carbocycles. The molecule has 0 saturated heterocycles. The van der Waals surface area contributed by atoms with Crippen LogP contribution in [0.15, 0.2) is 53.1 Å². The lowest BCUT2D eigenvalue weighted by Gasteiger charge is -2.15. The smallest absolute Gasteiger partial charge is 0.338 e. The number of amides is 2. The summed E-state index contributed by atoms with van der Waals surface area (Å²) in [5.41, 5.74) is 1.08. The van der Waals surface area contributed by atoms with E-state index >= 15 is 0 Å². The highest BCUT2D eigenvalue weighted by Gasteiger charge is 2.36. The Hall–Kier alpha value is -3.81. The van der Waals surface area contributed by atoms with Crippen LogP contribution in [0.3, 0.4) is 0 Å². The third kappa shape index (κ3) is 3.72. The summed E-state index contributed by atoms with van der Waals surface area (Å²) in [6.45, 7) is 7.50. The molecule has 2 amide bonds. The molecule has 1 aromatic heterocycles. The monoisotopic (exact) mass is 419 g/mol. The van der Waals surface area contributed by atoms with Crippen molar-refractivity contribution < 1.29 is 23.6 Å². The van der Waals surface area contributed by atoms with E-state index < -0.39 is 23.9 Å². The molecule has 0 bridgehead atoms. The van der Waals surface area contributed by atoms with Crippen LogP contribution in [0.1, 0.15) is 76.6 Å². The molecule has 2 aromatic carbocycles. The third-order valence-corrected chi connectivity index (χ3v) is 4.90. The molecule has 1 aliphatic rings. The van der Waals surface area contributed by atoms with Crippen molar-refractivity contribution in [3.05, 3.63) is 76.9 Å². The Morgan fingerprint density at radius 3 is 2.10 bits per heavy atom. The number of ether oxygens (including phenoxy) is 1. The molecule has 1 atom stereocenters. The first-order chi connectivity index (χ1) is 14.7. The highest BCUT2D eigenvalue weighted by atomic mass is 16.6. The number of carbonyl (C=O) groups excluding carboxylic acids is 3. The minimum absolute atomic E-state index is 0.209. The van der Waals surface area contributed by atoms with Crippen molar-refractivity contribution in [2.24, 2.45) is 0 Å². The van der Waals surface area contributed by atoms with Gasteiger partial charge in [0, 0.05) is 5.41 Å². The standard InChI is InChI=1S/C23H21N3O5/c1-13(18-24-22(25-31-18)23(2,3)4)30-21(29)14-9-11-15(12-10-14)26-19(27)16-7-5-6-8-17(16)20(26)28/h5-13H,1-4H3/t13-/m1/s1. The van der Waals surface area contributed by atoms with Crippen molar-refractivity contribution in [1.29, 1.82) is 0 Å². The Morgan fingerprint density at radius 1 is 1.00 bits per heavy atom. The fourth-order valence-electron chi connectivity index (χ4n) is 3.15. The fraction of sp³-hybridized carbons (Fsp3) is 0.261. The first kappa shape index (κ1) is 20.5. The molecule has 0 N–H and O–H groups in total. The molecule has 1 aliphatic heterocycles. The molecule has 8 nitrogen and oxygen atoms in total. The van der Waals surface area contributed by atoms with Crippen LogP contribution in [0.5, 0.6) is 0 Å². The van der Waals surface area contributed by atoms with E-state index in [4.69, 9.17) is 9.26 Å². The van der Waals surface area contributed by atoms with Crippen LogP contribution >= 0.6 is 0 Å². The van der Waals surface area contributed by atoms with E-state index in [1.807, 2.05) is 20.8 Å². The Kier molecular flexibility index (Phi) is 4.93. The van der Waals surface area contributed by atoms with Crippen LogP contribution in [0.25, 0.3) is 0 Å². The number of benzene rings is 2. The number of carbonyl (C=O) groups is 3. The summed E-state index contributed by atoms with van der Waals surface area (Å²) < 4.78 is 10.6. The topological polar surface area (TPSA) is 103 Å². The quantitative estimate of drug-likeness (QED) is 0.464. The molecule has 31 heavy (non-hydrogen) atoms. The van der Waals surface area contributed by atoms with Crippen LogP contribution < -0.4 is 4.90 Å². The van der Waals surface area contributed by atoms with Gasteiger partial charge in [-0.1, -0.05) is 38.1 Å². The molecule has 0 fully saturated rings. The maximum atomic E-state index is 12.6. The summed E-state index contributed by atoms with van der Waals surface area (Å²) in [7, 11) is 0. The zero-order chi connectivity index (χ0) is 22.3. The number of fused-ring (bicyclic) bond motifs is 1. The maximum absolute atomic E-state index is 12.6. The number of rotatable bonds is 4. The maximum Gasteiger partial charge on any atom is 0.338 e. The molecule has 0 spiro atoms. The summed E-state index contributed by atoms with van der Waals surface area (Å²) in [4.78, 5) is 43.1. The zero-order valence-corrected chi connectivity index (χ0v) is 17.6. The van der Waals surface area contributed by atoms with E-state index in [1.165, 1.54) is 24.3 Å². The number of aromatic nitrogens is 2. The first-order valence-electron chi connectivity index (χ1n) is 9.80. The Bertz CT molecular complexity index is 1140. The lowest BCUT2D eigenvalue weighted by Crippen LogP contribution is -2.29. The van der Waals surface area contributed by atoms with Gasteiger partial charge in [-0.15, -0.1) is 0 Å². The average Bonchev–Trinajstić information content (AvgIpc) is 3.33. The van der Waals surface area contributed by atoms with Crippen molar-refractivity contribution in [3.63, 3.8) is 0 Å². The SMILES string of the molecule is C[C@@H](OC(=O)c1ccc(N2C(=O)c3ccccc3C2=O)cc1)c1nc(C(C)(C)C)no1. The number of anilines is 1. The molecule has 8 heteroatoms. The summed E-state index contributed by atoms with van der Waals surface area (Å²) >= 11 is 0. The fourth-order valence-corrected chi connectivity index (χ4v) is 3.15. The van der Waals surface area contributed by atoms with Crippen molar-refractivity contribution in [1.82, 2.24) is 10.1 Å². The van der Waals surface area contributed by atoms with Gasteiger partial charge in [0.15, 0.2) is 11.9 Å². The van der Waals surface area contributed by atoms with Gasteiger partial charge in [0.2, 0.25) is 0 Å². The van der Waals surface area contributed by atoms with Crippen molar-refractivity contribution in [2.45, 2.75) is 39.2 Å². The Labute approximate surface area is 178 Å². The van der Waals surface area contributed by atoms with Gasteiger partial charge in [0.25, 0.3) is 17.7 Å². The van der Waals surface area contributed by atoms with Crippen LogP contribution in [0.4, 0.5) is 5.69 Å². The molecule has 3 aromatic rings. The second-order valence-electron chi connectivity index (χ2n) is 8.29. The molecule has 2 heterocycles. The van der Waals surface area contributed by atoms with E-state index in [0.717, 1.165) is 4.90 Å². The van der Waals surface area contributed by atoms with Gasteiger partial charge >= 0.3 is 5.97 Å². The van der Waals surface area contributed by atoms with E-state index in [0.29, 0.717) is 22.6 Å². The van der Waals surface area contributed by atoms with Crippen LogP contribution in [-0.2, 0) is 10.2 Å². The van der Waals surface area contributed by atoms with Gasteiger partial charge in [0.05, 0.1) is 22.4 Å². The minimum atomic E-state index is -0.730. The summed E-state index contributed by atoms with van der Waals surface area (Å²) in [6.07, 6.45) is -0.730. The first-order valence-corrected chi connectivity index (χ1v) is 9.80. The summed E-state index contributed by atoms with van der Waals surface area (Å²) in [5, 5.41) is 3.93. The molecule has 158 valence electrons. The van der Waals surface area contributed by atoms with Crippen LogP contribution in [0.2, 0.25) is 0 Å². The van der Waals surface area contributed by atoms with Gasteiger partial charge < -0.3 is 9.26 Å². The lowest BCUT2D eigenvalue weighted by atomic mass is 9.96. The second-order valence-corrected chi connectivity index (χ2v) is 8.29. The summed E-state index contributed by atoms with van der Waals surface area (Å²) in [5.74, 6) is -0.639. The van der Waals surface area contributed by atoms with Crippen molar-refractivity contribution >= 4 is 23.5 Å². The Morgan fingerprint density at radius 2 is 1.58 bits per heavy atom. The van der Waals surface area contributed by atoms with E-state index in [9.17, 15) is 14.4 Å². The number of imide groups is 1. The van der Waals surface area contributed by atoms with Crippen molar-refractivity contribution in [3.8, 4) is 0 Å². The molecule has 4 rings (SSSR count). The second kappa shape index (κ2) is 7.46. The lowest BCUT2D eigenvalue weighted by molar-refractivity contribution is 0.0265. The van der Waals surface area contributed by atoms with Crippen LogP contribution in [0, 0.1) is 0 Å². The number of esters is 1. The number of nitrogens with zero attached hydrogens (tertiary/aromatic N) is 3. The molecule has 0 radical (unpaired) electrons. The van der Waals surface area contributed by atoms with Gasteiger partial charge in [-0.05, 0) is 43.3 Å². The summed E-state index contributed by atoms with van der Waals surface area (Å²) in [6, 6.07) is 12.7. The predicted octanol–water partition coefficient (Wildman–Crippen LogP) is 4.09. The van der Waals surface area contributed by atoms with Crippen LogP contribution in [-0.4, -0.2) is 27.9 Å². The van der Waals surface area contributed by atoms with E-state index in [2.05, 4.69) is 10.1 Å². The zero-order valence-electron chi connectivity index (χ0n) is 17.6. The van der Waals surface area contributed by atoms with Gasteiger partial charge in [-0.2, -0.15) is 4.98 Å². The predicted molar refractivity (Wildman–Crippen MR) is 111 cm³/mol. The Balaban J connectivity index is 1.47. The molecule has 0 saturated carbocycles. The molecular formula is C23H21N3O5. The normalized spacial score (nSPS) is 14.5. The third-order valence-electron chi connectivity index (χ3n) is 4.90. The van der Waals surface area contributed by atoms with Crippen molar-refractivity contribution in [2.75, 3.05) is 4.90 Å². The molecular weight excluding hydrogens is 398 g/mol. The average molecular weight is 419 g/mol. The highest BCUT2D eigenvalue weighted by molar-refractivity contribution is 6.34. The van der Waals surface area contributed by atoms with E-state index in [1.54, 1.807) is 31.2 Å². The minimum Gasteiger partial charge on any atom is -0.449 e. The van der Waals surface area contributed by atoms with E-state index in [-0.39, 0.29) is 16.9 Å². The highest BCUT2D eigenvalue weighted by Crippen LogP contribution is 2.29. The largest absolute Gasteiger partial charge is 0.449 e. The molecule has 0 unspecified atom stereocenters. The van der Waals surface area contributed by atoms with Gasteiger partial charge in [-0.3, -0.25) is 9.59 Å².